The van der Waals surface area contributed by atoms with E-state index in [4.69, 9.17) is 10.2 Å². The fraction of sp³-hybridized carbons (Fsp3) is 0.133. The second kappa shape index (κ2) is 5.02. The van der Waals surface area contributed by atoms with Gasteiger partial charge in [-0.05, 0) is 53.4 Å². The molecule has 5 heteroatoms. The largest absolute Gasteiger partial charge is 0.508 e. The van der Waals surface area contributed by atoms with Crippen molar-refractivity contribution in [2.24, 2.45) is 5.73 Å². The predicted octanol–water partition coefficient (Wildman–Crippen LogP) is 3.08. The van der Waals surface area contributed by atoms with Crippen LogP contribution in [0.1, 0.15) is 21.7 Å². The molecule has 0 aliphatic heterocycles. The van der Waals surface area contributed by atoms with E-state index in [2.05, 4.69) is 5.38 Å². The third-order valence-corrected chi connectivity index (χ3v) is 4.28. The van der Waals surface area contributed by atoms with Gasteiger partial charge in [-0.15, -0.1) is 11.3 Å². The lowest BCUT2D eigenvalue weighted by Gasteiger charge is -2.01. The molecule has 0 radical (unpaired) electrons. The Balaban J connectivity index is 1.85. The number of phenols is 1. The van der Waals surface area contributed by atoms with Crippen molar-refractivity contribution in [2.45, 2.75) is 12.8 Å². The maximum absolute atomic E-state index is 11.2. The van der Waals surface area contributed by atoms with Gasteiger partial charge in [-0.2, -0.15) is 0 Å². The quantitative estimate of drug-likeness (QED) is 0.774. The van der Waals surface area contributed by atoms with Crippen molar-refractivity contribution < 1.29 is 14.3 Å². The summed E-state index contributed by atoms with van der Waals surface area (Å²) in [7, 11) is 0. The van der Waals surface area contributed by atoms with Gasteiger partial charge in [0.15, 0.2) is 5.76 Å². The van der Waals surface area contributed by atoms with E-state index in [0.717, 1.165) is 27.6 Å². The van der Waals surface area contributed by atoms with Gasteiger partial charge in [0.25, 0.3) is 5.91 Å². The number of furan rings is 1. The molecule has 0 fully saturated rings. The molecule has 0 saturated heterocycles. The lowest BCUT2D eigenvalue weighted by atomic mass is 10.0. The second-order valence-electron chi connectivity index (χ2n) is 4.58. The number of aromatic hydroxyl groups is 1. The fourth-order valence-corrected chi connectivity index (χ4v) is 3.26. The van der Waals surface area contributed by atoms with E-state index in [1.54, 1.807) is 29.5 Å². The van der Waals surface area contributed by atoms with Crippen LogP contribution in [0.4, 0.5) is 0 Å². The summed E-state index contributed by atoms with van der Waals surface area (Å²) in [4.78, 5) is 11.2. The Hall–Kier alpha value is -2.27. The van der Waals surface area contributed by atoms with Crippen LogP contribution in [0.15, 0.2) is 40.3 Å². The normalized spacial score (nSPS) is 11.0. The molecule has 0 atom stereocenters. The lowest BCUT2D eigenvalue weighted by Crippen LogP contribution is -2.12. The summed E-state index contributed by atoms with van der Waals surface area (Å²) < 4.78 is 6.23. The maximum atomic E-state index is 11.2. The minimum atomic E-state index is -0.544. The first-order valence-electron chi connectivity index (χ1n) is 6.20. The molecule has 3 rings (SSSR count). The molecule has 0 bridgehead atoms. The molecule has 1 aromatic carbocycles. The second-order valence-corrected chi connectivity index (χ2v) is 5.49. The number of hydrogen-bond acceptors (Lipinski definition) is 4. The molecule has 1 amide bonds. The summed E-state index contributed by atoms with van der Waals surface area (Å²) in [6.45, 7) is 0. The van der Waals surface area contributed by atoms with Crippen LogP contribution in [0.3, 0.4) is 0 Å². The minimum absolute atomic E-state index is 0.229. The van der Waals surface area contributed by atoms with Crippen LogP contribution in [-0.2, 0) is 12.8 Å². The highest BCUT2D eigenvalue weighted by molar-refractivity contribution is 7.17. The first-order valence-corrected chi connectivity index (χ1v) is 7.08. The van der Waals surface area contributed by atoms with Crippen LogP contribution in [0, 0.1) is 0 Å². The first-order chi connectivity index (χ1) is 9.65. The Labute approximate surface area is 119 Å². The molecule has 3 N–H and O–H groups in total. The van der Waals surface area contributed by atoms with E-state index < -0.39 is 5.91 Å². The number of rotatable bonds is 4. The van der Waals surface area contributed by atoms with Crippen LogP contribution in [0.25, 0.3) is 10.1 Å². The van der Waals surface area contributed by atoms with Crippen molar-refractivity contribution in [3.8, 4) is 5.75 Å². The molecule has 0 aliphatic carbocycles. The van der Waals surface area contributed by atoms with E-state index in [0.29, 0.717) is 6.42 Å². The molecule has 4 nitrogen and oxygen atoms in total. The molecule has 0 spiro atoms. The van der Waals surface area contributed by atoms with Gasteiger partial charge >= 0.3 is 0 Å². The number of nitrogens with two attached hydrogens (primary N) is 1. The molecule has 2 aromatic heterocycles. The SMILES string of the molecule is NC(=O)c1occc1CCc1csc2ccc(O)cc12. The summed E-state index contributed by atoms with van der Waals surface area (Å²) >= 11 is 1.64. The van der Waals surface area contributed by atoms with Gasteiger partial charge in [-0.25, -0.2) is 0 Å². The van der Waals surface area contributed by atoms with Crippen LogP contribution in [0.5, 0.6) is 5.75 Å². The Morgan fingerprint density at radius 3 is 2.85 bits per heavy atom. The Kier molecular flexibility index (Phi) is 3.20. The van der Waals surface area contributed by atoms with Gasteiger partial charge in [-0.3, -0.25) is 4.79 Å². The van der Waals surface area contributed by atoms with Crippen molar-refractivity contribution in [1.29, 1.82) is 0 Å². The number of amides is 1. The number of carbonyl (C=O) groups excluding carboxylic acids is 1. The van der Waals surface area contributed by atoms with Gasteiger partial charge in [0.1, 0.15) is 5.75 Å². The average molecular weight is 287 g/mol. The highest BCUT2D eigenvalue weighted by Gasteiger charge is 2.13. The van der Waals surface area contributed by atoms with Crippen molar-refractivity contribution in [1.82, 2.24) is 0 Å². The van der Waals surface area contributed by atoms with Gasteiger partial charge in [0.05, 0.1) is 6.26 Å². The molecule has 20 heavy (non-hydrogen) atoms. The van der Waals surface area contributed by atoms with Gasteiger partial charge < -0.3 is 15.3 Å². The van der Waals surface area contributed by atoms with Crippen LogP contribution < -0.4 is 5.73 Å². The van der Waals surface area contributed by atoms with E-state index in [1.807, 2.05) is 6.07 Å². The number of aryl methyl sites for hydroxylation is 2. The van der Waals surface area contributed by atoms with Crippen molar-refractivity contribution in [3.05, 3.63) is 52.8 Å². The monoisotopic (exact) mass is 287 g/mol. The average Bonchev–Trinajstić information content (AvgIpc) is 3.02. The van der Waals surface area contributed by atoms with Gasteiger partial charge in [0.2, 0.25) is 0 Å². The predicted molar refractivity (Wildman–Crippen MR) is 78.1 cm³/mol. The first kappa shape index (κ1) is 12.7. The molecular formula is C15H13NO3S. The number of carbonyl (C=O) groups is 1. The highest BCUT2D eigenvalue weighted by Crippen LogP contribution is 2.30. The summed E-state index contributed by atoms with van der Waals surface area (Å²) in [5, 5.41) is 12.7. The summed E-state index contributed by atoms with van der Waals surface area (Å²) in [6, 6.07) is 7.13. The fourth-order valence-electron chi connectivity index (χ4n) is 2.28. The van der Waals surface area contributed by atoms with E-state index in [1.165, 1.54) is 6.26 Å². The number of hydrogen-bond donors (Lipinski definition) is 2. The number of primary amides is 1. The molecule has 3 aromatic rings. The van der Waals surface area contributed by atoms with E-state index in [-0.39, 0.29) is 11.5 Å². The smallest absolute Gasteiger partial charge is 0.284 e. The van der Waals surface area contributed by atoms with Crippen LogP contribution in [0.2, 0.25) is 0 Å². The number of fused-ring (bicyclic) bond motifs is 1. The van der Waals surface area contributed by atoms with Crippen molar-refractivity contribution in [3.63, 3.8) is 0 Å². The number of thiophene rings is 1. The van der Waals surface area contributed by atoms with Crippen molar-refractivity contribution in [2.75, 3.05) is 0 Å². The van der Waals surface area contributed by atoms with E-state index in [9.17, 15) is 9.90 Å². The molecule has 2 heterocycles. The Bertz CT molecular complexity index is 772. The third kappa shape index (κ3) is 2.28. The zero-order valence-corrected chi connectivity index (χ0v) is 11.4. The summed E-state index contributed by atoms with van der Waals surface area (Å²) in [5.41, 5.74) is 7.22. The topological polar surface area (TPSA) is 76.5 Å². The zero-order valence-electron chi connectivity index (χ0n) is 10.6. The highest BCUT2D eigenvalue weighted by atomic mass is 32.1. The zero-order chi connectivity index (χ0) is 14.1. The molecule has 0 saturated carbocycles. The molecular weight excluding hydrogens is 274 g/mol. The lowest BCUT2D eigenvalue weighted by molar-refractivity contribution is 0.0972. The number of benzene rings is 1. The van der Waals surface area contributed by atoms with Crippen molar-refractivity contribution >= 4 is 27.3 Å². The maximum Gasteiger partial charge on any atom is 0.284 e. The minimum Gasteiger partial charge on any atom is -0.508 e. The summed E-state index contributed by atoms with van der Waals surface area (Å²) in [5.74, 6) is -0.0523. The van der Waals surface area contributed by atoms with Gasteiger partial charge in [0, 0.05) is 10.3 Å². The van der Waals surface area contributed by atoms with E-state index >= 15 is 0 Å². The van der Waals surface area contributed by atoms with Gasteiger partial charge in [-0.1, -0.05) is 0 Å². The van der Waals surface area contributed by atoms with Crippen LogP contribution >= 0.6 is 11.3 Å². The third-order valence-electron chi connectivity index (χ3n) is 3.27. The number of phenolic OH excluding ortho intramolecular Hbond substituents is 1. The molecule has 0 unspecified atom stereocenters. The molecule has 0 aliphatic rings. The standard InChI is InChI=1S/C15H13NO3S/c16-15(18)14-9(5-6-19-14)1-2-10-8-20-13-4-3-11(17)7-12(10)13/h3-8,17H,1-2H2,(H2,16,18). The Morgan fingerprint density at radius 2 is 2.05 bits per heavy atom. The molecule has 102 valence electrons. The summed E-state index contributed by atoms with van der Waals surface area (Å²) in [6.07, 6.45) is 2.92. The Morgan fingerprint density at radius 1 is 1.25 bits per heavy atom. The van der Waals surface area contributed by atoms with Crippen LogP contribution in [-0.4, -0.2) is 11.0 Å².